The Hall–Kier alpha value is -0.110. The molecule has 0 saturated heterocycles. The van der Waals surface area contributed by atoms with Crippen LogP contribution in [0.15, 0.2) is 0 Å². The maximum atomic E-state index is 12.9. The molecule has 1 N–H and O–H groups in total. The van der Waals surface area contributed by atoms with Gasteiger partial charge in [-0.1, -0.05) is 0 Å². The van der Waals surface area contributed by atoms with E-state index < -0.39 is 6.17 Å². The van der Waals surface area contributed by atoms with Crippen LogP contribution in [0.4, 0.5) is 4.39 Å². The van der Waals surface area contributed by atoms with Crippen LogP contribution < -0.4 is 0 Å². The number of hydrogen-bond donors (Lipinski definition) is 1. The van der Waals surface area contributed by atoms with Crippen molar-refractivity contribution in [3.05, 3.63) is 0 Å². The zero-order valence-electron chi connectivity index (χ0n) is 6.67. The SMILES string of the molecule is OCC1CCC2C[C@@H](F)CC12. The first-order valence-corrected chi connectivity index (χ1v) is 4.56. The van der Waals surface area contributed by atoms with E-state index in [-0.39, 0.29) is 6.61 Å². The minimum absolute atomic E-state index is 0.272. The largest absolute Gasteiger partial charge is 0.396 e. The van der Waals surface area contributed by atoms with Gasteiger partial charge in [0.25, 0.3) is 0 Å². The number of halogens is 1. The van der Waals surface area contributed by atoms with Crippen molar-refractivity contribution in [3.63, 3.8) is 0 Å². The molecule has 2 aliphatic rings. The standard InChI is InChI=1S/C9H15FO/c10-8-3-6-1-2-7(5-11)9(6)4-8/h6-9,11H,1-5H2/t6?,7?,8-,9?/m1/s1. The lowest BCUT2D eigenvalue weighted by atomic mass is 9.93. The Morgan fingerprint density at radius 2 is 2.09 bits per heavy atom. The maximum absolute atomic E-state index is 12.9. The summed E-state index contributed by atoms with van der Waals surface area (Å²) in [4.78, 5) is 0. The Balaban J connectivity index is 2.01. The lowest BCUT2D eigenvalue weighted by molar-refractivity contribution is 0.182. The Morgan fingerprint density at radius 1 is 1.27 bits per heavy atom. The van der Waals surface area contributed by atoms with E-state index in [0.717, 1.165) is 25.7 Å². The summed E-state index contributed by atoms with van der Waals surface area (Å²) in [5.74, 6) is 1.53. The van der Waals surface area contributed by atoms with E-state index in [0.29, 0.717) is 17.8 Å². The van der Waals surface area contributed by atoms with Gasteiger partial charge < -0.3 is 5.11 Å². The van der Waals surface area contributed by atoms with Crippen molar-refractivity contribution >= 4 is 0 Å². The third kappa shape index (κ3) is 1.18. The minimum Gasteiger partial charge on any atom is -0.396 e. The monoisotopic (exact) mass is 158 g/mol. The number of hydrogen-bond acceptors (Lipinski definition) is 1. The number of aliphatic hydroxyl groups is 1. The number of aliphatic hydroxyl groups excluding tert-OH is 1. The molecule has 2 heteroatoms. The molecule has 0 bridgehead atoms. The molecule has 1 nitrogen and oxygen atoms in total. The predicted molar refractivity (Wildman–Crippen MR) is 40.9 cm³/mol. The maximum Gasteiger partial charge on any atom is 0.101 e. The highest BCUT2D eigenvalue weighted by molar-refractivity contribution is 4.92. The summed E-state index contributed by atoms with van der Waals surface area (Å²) in [6.07, 6.45) is 3.19. The molecule has 0 aromatic heterocycles. The smallest absolute Gasteiger partial charge is 0.101 e. The van der Waals surface area contributed by atoms with Crippen LogP contribution in [-0.2, 0) is 0 Å². The first-order chi connectivity index (χ1) is 5.31. The van der Waals surface area contributed by atoms with Gasteiger partial charge >= 0.3 is 0 Å². The van der Waals surface area contributed by atoms with E-state index in [1.807, 2.05) is 0 Å². The molecule has 0 radical (unpaired) electrons. The second kappa shape index (κ2) is 2.74. The fourth-order valence-electron chi connectivity index (χ4n) is 2.87. The van der Waals surface area contributed by atoms with E-state index in [9.17, 15) is 4.39 Å². The van der Waals surface area contributed by atoms with Crippen LogP contribution >= 0.6 is 0 Å². The first-order valence-electron chi connectivity index (χ1n) is 4.56. The summed E-state index contributed by atoms with van der Waals surface area (Å²) >= 11 is 0. The van der Waals surface area contributed by atoms with Crippen molar-refractivity contribution in [2.75, 3.05) is 6.61 Å². The normalized spacial score (nSPS) is 49.6. The van der Waals surface area contributed by atoms with E-state index >= 15 is 0 Å². The lowest BCUT2D eigenvalue weighted by Gasteiger charge is -2.14. The summed E-state index contributed by atoms with van der Waals surface area (Å²) in [7, 11) is 0. The third-order valence-electron chi connectivity index (χ3n) is 3.44. The van der Waals surface area contributed by atoms with Gasteiger partial charge in [-0.3, -0.25) is 0 Å². The highest BCUT2D eigenvalue weighted by Crippen LogP contribution is 2.48. The van der Waals surface area contributed by atoms with Crippen molar-refractivity contribution < 1.29 is 9.50 Å². The zero-order chi connectivity index (χ0) is 7.84. The lowest BCUT2D eigenvalue weighted by Crippen LogP contribution is -2.13. The van der Waals surface area contributed by atoms with Crippen LogP contribution in [0.3, 0.4) is 0 Å². The Kier molecular flexibility index (Phi) is 1.88. The van der Waals surface area contributed by atoms with E-state index in [1.54, 1.807) is 0 Å². The first kappa shape index (κ1) is 7.53. The van der Waals surface area contributed by atoms with Crippen molar-refractivity contribution in [1.82, 2.24) is 0 Å². The van der Waals surface area contributed by atoms with Gasteiger partial charge in [0.05, 0.1) is 0 Å². The van der Waals surface area contributed by atoms with Crippen LogP contribution in [0.2, 0.25) is 0 Å². The van der Waals surface area contributed by atoms with E-state index in [4.69, 9.17) is 5.11 Å². The summed E-state index contributed by atoms with van der Waals surface area (Å²) < 4.78 is 12.9. The Morgan fingerprint density at radius 3 is 2.82 bits per heavy atom. The van der Waals surface area contributed by atoms with Gasteiger partial charge in [0.1, 0.15) is 6.17 Å². The van der Waals surface area contributed by atoms with Crippen LogP contribution in [0, 0.1) is 17.8 Å². The molecule has 2 aliphatic carbocycles. The average molecular weight is 158 g/mol. The minimum atomic E-state index is -0.570. The van der Waals surface area contributed by atoms with E-state index in [2.05, 4.69) is 0 Å². The van der Waals surface area contributed by atoms with Gasteiger partial charge in [-0.25, -0.2) is 4.39 Å². The van der Waals surface area contributed by atoms with Crippen LogP contribution in [-0.4, -0.2) is 17.9 Å². The summed E-state index contributed by atoms with van der Waals surface area (Å²) in [5.41, 5.74) is 0. The van der Waals surface area contributed by atoms with Gasteiger partial charge in [0, 0.05) is 6.61 Å². The molecule has 0 aromatic carbocycles. The van der Waals surface area contributed by atoms with Gasteiger partial charge in [0.2, 0.25) is 0 Å². The number of rotatable bonds is 1. The van der Waals surface area contributed by atoms with Crippen molar-refractivity contribution in [2.24, 2.45) is 17.8 Å². The van der Waals surface area contributed by atoms with Crippen molar-refractivity contribution in [1.29, 1.82) is 0 Å². The predicted octanol–water partition coefficient (Wildman–Crippen LogP) is 1.75. The molecule has 4 atom stereocenters. The summed E-state index contributed by atoms with van der Waals surface area (Å²) in [5, 5.41) is 8.98. The highest BCUT2D eigenvalue weighted by atomic mass is 19.1. The fraction of sp³-hybridized carbons (Fsp3) is 1.00. The van der Waals surface area contributed by atoms with Crippen molar-refractivity contribution in [2.45, 2.75) is 31.9 Å². The topological polar surface area (TPSA) is 20.2 Å². The third-order valence-corrected chi connectivity index (χ3v) is 3.44. The molecule has 0 spiro atoms. The molecule has 2 saturated carbocycles. The van der Waals surface area contributed by atoms with Gasteiger partial charge in [0.15, 0.2) is 0 Å². The van der Waals surface area contributed by atoms with Crippen LogP contribution in [0.25, 0.3) is 0 Å². The average Bonchev–Trinajstić information content (AvgIpc) is 2.45. The van der Waals surface area contributed by atoms with Crippen LogP contribution in [0.5, 0.6) is 0 Å². The van der Waals surface area contributed by atoms with Gasteiger partial charge in [-0.15, -0.1) is 0 Å². The van der Waals surface area contributed by atoms with Gasteiger partial charge in [-0.2, -0.15) is 0 Å². The Bertz CT molecular complexity index is 146. The summed E-state index contributed by atoms with van der Waals surface area (Å²) in [6, 6.07) is 0. The molecule has 2 rings (SSSR count). The number of fused-ring (bicyclic) bond motifs is 1. The molecule has 0 heterocycles. The molecule has 0 aliphatic heterocycles. The molecular weight excluding hydrogens is 143 g/mol. The Labute approximate surface area is 66.6 Å². The summed E-state index contributed by atoms with van der Waals surface area (Å²) in [6.45, 7) is 0.272. The van der Waals surface area contributed by atoms with E-state index in [1.165, 1.54) is 0 Å². The second-order valence-electron chi connectivity index (χ2n) is 4.01. The van der Waals surface area contributed by atoms with Gasteiger partial charge in [-0.05, 0) is 43.4 Å². The highest BCUT2D eigenvalue weighted by Gasteiger charge is 2.42. The molecule has 0 amide bonds. The van der Waals surface area contributed by atoms with Crippen LogP contribution in [0.1, 0.15) is 25.7 Å². The molecule has 2 fully saturated rings. The quantitative estimate of drug-likeness (QED) is 0.616. The molecule has 0 aromatic rings. The second-order valence-corrected chi connectivity index (χ2v) is 4.01. The molecule has 3 unspecified atom stereocenters. The molecule has 64 valence electrons. The van der Waals surface area contributed by atoms with Crippen molar-refractivity contribution in [3.8, 4) is 0 Å². The zero-order valence-corrected chi connectivity index (χ0v) is 6.67. The molecular formula is C9H15FO. The molecule has 11 heavy (non-hydrogen) atoms. The number of alkyl halides is 1. The fourth-order valence-corrected chi connectivity index (χ4v) is 2.87.